The Morgan fingerprint density at radius 2 is 1.70 bits per heavy atom. The summed E-state index contributed by atoms with van der Waals surface area (Å²) in [5.74, 6) is 2.06. The first kappa shape index (κ1) is 21.6. The number of carbonyl (C=O) groups excluding carboxylic acids is 1. The van der Waals surface area contributed by atoms with Crippen LogP contribution in [0.15, 0.2) is 48.8 Å². The van der Waals surface area contributed by atoms with Crippen LogP contribution in [0.4, 0.5) is 17.5 Å². The molecule has 1 N–H and O–H groups in total. The van der Waals surface area contributed by atoms with Gasteiger partial charge >= 0.3 is 0 Å². The number of carbonyl (C=O) groups is 1. The number of halogens is 1. The van der Waals surface area contributed by atoms with E-state index in [0.717, 1.165) is 55.4 Å². The number of piperidine rings is 1. The normalized spacial score (nSPS) is 18.4. The van der Waals surface area contributed by atoms with Crippen LogP contribution in [0.5, 0.6) is 0 Å². The summed E-state index contributed by atoms with van der Waals surface area (Å²) in [6, 6.07) is 13.3. The molecule has 1 amide bonds. The minimum absolute atomic E-state index is 0.0171. The summed E-state index contributed by atoms with van der Waals surface area (Å²) in [4.78, 5) is 26.0. The second-order valence-corrected chi connectivity index (χ2v) is 8.95. The number of nitrogens with one attached hydrogen (secondary N) is 1. The lowest BCUT2D eigenvalue weighted by molar-refractivity contribution is -0.120. The molecule has 2 aliphatic heterocycles. The highest BCUT2D eigenvalue weighted by Crippen LogP contribution is 2.25. The molecule has 0 radical (unpaired) electrons. The average Bonchev–Trinajstić information content (AvgIpc) is 3.40. The van der Waals surface area contributed by atoms with Gasteiger partial charge in [0.15, 0.2) is 5.82 Å². The largest absolute Gasteiger partial charge is 0.356 e. The molecule has 9 heteroatoms. The SMILES string of the molecule is O=C(Nc1cc(N2CCCC2)ncn1)C1CCCN(c2ccc(-c3ccc(Cl)cc3)nn2)C1. The third-order valence-electron chi connectivity index (χ3n) is 6.24. The summed E-state index contributed by atoms with van der Waals surface area (Å²) >= 11 is 5.97. The molecule has 2 aromatic heterocycles. The van der Waals surface area contributed by atoms with Crippen LogP contribution in [-0.2, 0) is 4.79 Å². The van der Waals surface area contributed by atoms with Crippen molar-refractivity contribution in [3.05, 3.63) is 53.8 Å². The van der Waals surface area contributed by atoms with E-state index >= 15 is 0 Å². The molecule has 1 aromatic carbocycles. The van der Waals surface area contributed by atoms with Gasteiger partial charge in [0.1, 0.15) is 18.0 Å². The van der Waals surface area contributed by atoms with Gasteiger partial charge in [-0.3, -0.25) is 4.79 Å². The van der Waals surface area contributed by atoms with E-state index in [1.807, 2.05) is 42.5 Å². The van der Waals surface area contributed by atoms with E-state index in [1.54, 1.807) is 0 Å². The average molecular weight is 464 g/mol. The number of anilines is 3. The highest BCUT2D eigenvalue weighted by atomic mass is 35.5. The topological polar surface area (TPSA) is 87.1 Å². The number of rotatable bonds is 5. The molecule has 1 atom stereocenters. The summed E-state index contributed by atoms with van der Waals surface area (Å²) in [6.07, 6.45) is 5.62. The van der Waals surface area contributed by atoms with Crippen molar-refractivity contribution in [2.75, 3.05) is 41.3 Å². The predicted octanol–water partition coefficient (Wildman–Crippen LogP) is 4.04. The van der Waals surface area contributed by atoms with Crippen molar-refractivity contribution < 1.29 is 4.79 Å². The molecule has 2 saturated heterocycles. The van der Waals surface area contributed by atoms with E-state index in [4.69, 9.17) is 11.6 Å². The minimum Gasteiger partial charge on any atom is -0.356 e. The van der Waals surface area contributed by atoms with Crippen LogP contribution < -0.4 is 15.1 Å². The molecule has 170 valence electrons. The van der Waals surface area contributed by atoms with Crippen molar-refractivity contribution >= 4 is 35.0 Å². The highest BCUT2D eigenvalue weighted by Gasteiger charge is 2.27. The lowest BCUT2D eigenvalue weighted by atomic mass is 9.97. The number of hydrogen-bond acceptors (Lipinski definition) is 7. The van der Waals surface area contributed by atoms with Gasteiger partial charge in [0.25, 0.3) is 0 Å². The van der Waals surface area contributed by atoms with Gasteiger partial charge in [-0.05, 0) is 49.9 Å². The molecule has 2 aliphatic rings. The first-order chi connectivity index (χ1) is 16.2. The summed E-state index contributed by atoms with van der Waals surface area (Å²) in [6.45, 7) is 3.45. The molecule has 0 spiro atoms. The van der Waals surface area contributed by atoms with Gasteiger partial charge in [-0.25, -0.2) is 9.97 Å². The molecular formula is C24H26ClN7O. The smallest absolute Gasteiger partial charge is 0.230 e. The molecule has 8 nitrogen and oxygen atoms in total. The van der Waals surface area contributed by atoms with Crippen LogP contribution >= 0.6 is 11.6 Å². The summed E-state index contributed by atoms with van der Waals surface area (Å²) < 4.78 is 0. The van der Waals surface area contributed by atoms with Gasteiger partial charge in [-0.15, -0.1) is 10.2 Å². The van der Waals surface area contributed by atoms with E-state index in [2.05, 4.69) is 35.3 Å². The Morgan fingerprint density at radius 1 is 0.909 bits per heavy atom. The monoisotopic (exact) mass is 463 g/mol. The Balaban J connectivity index is 1.23. The zero-order chi connectivity index (χ0) is 22.6. The maximum Gasteiger partial charge on any atom is 0.230 e. The zero-order valence-corrected chi connectivity index (χ0v) is 19.1. The second kappa shape index (κ2) is 9.70. The summed E-state index contributed by atoms with van der Waals surface area (Å²) in [5, 5.41) is 12.5. The minimum atomic E-state index is -0.137. The van der Waals surface area contributed by atoms with Crippen LogP contribution in [-0.4, -0.2) is 52.3 Å². The highest BCUT2D eigenvalue weighted by molar-refractivity contribution is 6.30. The Bertz CT molecular complexity index is 1100. The van der Waals surface area contributed by atoms with Crippen LogP contribution in [0.1, 0.15) is 25.7 Å². The Morgan fingerprint density at radius 3 is 2.45 bits per heavy atom. The number of aromatic nitrogens is 4. The third kappa shape index (κ3) is 5.06. The van der Waals surface area contributed by atoms with Crippen molar-refractivity contribution in [3.8, 4) is 11.3 Å². The number of amides is 1. The molecule has 0 aliphatic carbocycles. The fourth-order valence-corrected chi connectivity index (χ4v) is 4.56. The van der Waals surface area contributed by atoms with Gasteiger partial charge in [0.2, 0.25) is 5.91 Å². The maximum absolute atomic E-state index is 13.0. The molecule has 4 heterocycles. The third-order valence-corrected chi connectivity index (χ3v) is 6.49. The number of hydrogen-bond donors (Lipinski definition) is 1. The molecule has 3 aromatic rings. The van der Waals surface area contributed by atoms with Gasteiger partial charge in [0.05, 0.1) is 11.6 Å². The maximum atomic E-state index is 13.0. The van der Waals surface area contributed by atoms with Crippen LogP contribution in [0.3, 0.4) is 0 Å². The standard InChI is InChI=1S/C24H26ClN7O/c25-19-7-5-17(6-8-19)20-9-10-22(30-29-20)32-13-3-4-18(15-32)24(33)28-21-14-23(27-16-26-21)31-11-1-2-12-31/h5-10,14,16,18H,1-4,11-13,15H2,(H,26,27,28,33). The van der Waals surface area contributed by atoms with Gasteiger partial charge in [-0.1, -0.05) is 23.7 Å². The quantitative estimate of drug-likeness (QED) is 0.610. The molecular weight excluding hydrogens is 438 g/mol. The summed E-state index contributed by atoms with van der Waals surface area (Å²) in [7, 11) is 0. The zero-order valence-electron chi connectivity index (χ0n) is 18.3. The van der Waals surface area contributed by atoms with Crippen LogP contribution in [0, 0.1) is 5.92 Å². The van der Waals surface area contributed by atoms with Crippen molar-refractivity contribution in [2.45, 2.75) is 25.7 Å². The van der Waals surface area contributed by atoms with Crippen LogP contribution in [0.25, 0.3) is 11.3 Å². The Kier molecular flexibility index (Phi) is 6.35. The van der Waals surface area contributed by atoms with E-state index in [-0.39, 0.29) is 11.8 Å². The van der Waals surface area contributed by atoms with E-state index in [0.29, 0.717) is 17.4 Å². The van der Waals surface area contributed by atoms with E-state index < -0.39 is 0 Å². The Hall–Kier alpha value is -3.26. The lowest BCUT2D eigenvalue weighted by Gasteiger charge is -2.32. The van der Waals surface area contributed by atoms with E-state index in [1.165, 1.54) is 19.2 Å². The molecule has 33 heavy (non-hydrogen) atoms. The van der Waals surface area contributed by atoms with Crippen molar-refractivity contribution in [3.63, 3.8) is 0 Å². The molecule has 1 unspecified atom stereocenters. The molecule has 0 saturated carbocycles. The van der Waals surface area contributed by atoms with Crippen molar-refractivity contribution in [1.82, 2.24) is 20.2 Å². The molecule has 5 rings (SSSR count). The number of nitrogens with zero attached hydrogens (tertiary/aromatic N) is 6. The van der Waals surface area contributed by atoms with Gasteiger partial charge in [0, 0.05) is 42.8 Å². The first-order valence-electron chi connectivity index (χ1n) is 11.4. The van der Waals surface area contributed by atoms with E-state index in [9.17, 15) is 4.79 Å². The van der Waals surface area contributed by atoms with Gasteiger partial charge in [-0.2, -0.15) is 0 Å². The van der Waals surface area contributed by atoms with Crippen molar-refractivity contribution in [2.24, 2.45) is 5.92 Å². The molecule has 0 bridgehead atoms. The lowest BCUT2D eigenvalue weighted by Crippen LogP contribution is -2.41. The fourth-order valence-electron chi connectivity index (χ4n) is 4.43. The predicted molar refractivity (Wildman–Crippen MR) is 130 cm³/mol. The number of benzene rings is 1. The second-order valence-electron chi connectivity index (χ2n) is 8.51. The summed E-state index contributed by atoms with van der Waals surface area (Å²) in [5.41, 5.74) is 1.76. The first-order valence-corrected chi connectivity index (χ1v) is 11.8. The molecule has 2 fully saturated rings. The van der Waals surface area contributed by atoms with Crippen molar-refractivity contribution in [1.29, 1.82) is 0 Å². The van der Waals surface area contributed by atoms with Crippen LogP contribution in [0.2, 0.25) is 5.02 Å². The fraction of sp³-hybridized carbons (Fsp3) is 0.375. The Labute approximate surface area is 198 Å². The van der Waals surface area contributed by atoms with Gasteiger partial charge < -0.3 is 15.1 Å².